The highest BCUT2D eigenvalue weighted by Gasteiger charge is 2.23. The van der Waals surface area contributed by atoms with Crippen molar-refractivity contribution >= 4 is 17.5 Å². The maximum Gasteiger partial charge on any atom is 0.212 e. The molecule has 0 bridgehead atoms. The number of benzene rings is 2. The minimum Gasteiger partial charge on any atom is -0.497 e. The highest BCUT2D eigenvalue weighted by Crippen LogP contribution is 2.36. The molecule has 0 amide bonds. The molecule has 0 atom stereocenters. The van der Waals surface area contributed by atoms with Crippen LogP contribution in [0.5, 0.6) is 23.0 Å². The molecule has 3 aromatic rings. The lowest BCUT2D eigenvalue weighted by Gasteiger charge is -2.16. The van der Waals surface area contributed by atoms with Gasteiger partial charge in [0.05, 0.1) is 39.7 Å². The fraction of sp³-hybridized carbons (Fsp3) is 0.250. The molecule has 0 fully saturated rings. The van der Waals surface area contributed by atoms with Crippen molar-refractivity contribution in [2.75, 3.05) is 34.2 Å². The summed E-state index contributed by atoms with van der Waals surface area (Å²) in [6.07, 6.45) is 0. The van der Waals surface area contributed by atoms with Gasteiger partial charge in [0.15, 0.2) is 17.3 Å². The third-order valence-corrected chi connectivity index (χ3v) is 5.47. The summed E-state index contributed by atoms with van der Waals surface area (Å²) in [6, 6.07) is 11.3. The van der Waals surface area contributed by atoms with Gasteiger partial charge in [-0.15, -0.1) is 10.2 Å². The van der Waals surface area contributed by atoms with E-state index in [2.05, 4.69) is 10.2 Å². The van der Waals surface area contributed by atoms with Gasteiger partial charge < -0.3 is 18.9 Å². The Morgan fingerprint density at radius 3 is 2.34 bits per heavy atom. The molecule has 29 heavy (non-hydrogen) atoms. The van der Waals surface area contributed by atoms with Crippen LogP contribution in [-0.2, 0) is 0 Å². The highest BCUT2D eigenvalue weighted by molar-refractivity contribution is 7.99. The van der Waals surface area contributed by atoms with E-state index in [0.29, 0.717) is 34.6 Å². The molecule has 1 aliphatic heterocycles. The van der Waals surface area contributed by atoms with Crippen molar-refractivity contribution in [3.63, 3.8) is 0 Å². The Balaban J connectivity index is 1.78. The molecule has 0 aliphatic carbocycles. The van der Waals surface area contributed by atoms with E-state index in [1.165, 1.54) is 0 Å². The van der Waals surface area contributed by atoms with Crippen LogP contribution < -0.4 is 18.9 Å². The van der Waals surface area contributed by atoms with Crippen molar-refractivity contribution < 1.29 is 18.9 Å². The first-order valence-electron chi connectivity index (χ1n) is 8.79. The summed E-state index contributed by atoms with van der Waals surface area (Å²) >= 11 is 1.57. The fourth-order valence-electron chi connectivity index (χ4n) is 3.04. The molecule has 0 saturated heterocycles. The van der Waals surface area contributed by atoms with E-state index in [1.54, 1.807) is 44.9 Å². The highest BCUT2D eigenvalue weighted by atomic mass is 32.2. The Hall–Kier alpha value is -3.20. The van der Waals surface area contributed by atoms with Gasteiger partial charge in [-0.05, 0) is 30.3 Å². The van der Waals surface area contributed by atoms with Gasteiger partial charge in [-0.3, -0.25) is 0 Å². The van der Waals surface area contributed by atoms with Gasteiger partial charge >= 0.3 is 0 Å². The minimum absolute atomic E-state index is 0.602. The SMILES string of the molecule is COc1ccc(-c2nnc3n2N=C(c2ccc(OC)c(OC)c2)CS3)c(OC)c1. The van der Waals surface area contributed by atoms with E-state index in [4.69, 9.17) is 24.0 Å². The molecule has 0 saturated carbocycles. The first-order valence-corrected chi connectivity index (χ1v) is 9.78. The topological polar surface area (TPSA) is 80.0 Å². The predicted octanol–water partition coefficient (Wildman–Crippen LogP) is 3.34. The summed E-state index contributed by atoms with van der Waals surface area (Å²) in [5.41, 5.74) is 2.61. The molecule has 1 aromatic heterocycles. The number of fused-ring (bicyclic) bond motifs is 1. The van der Waals surface area contributed by atoms with E-state index in [0.717, 1.165) is 22.0 Å². The smallest absolute Gasteiger partial charge is 0.212 e. The molecule has 9 heteroatoms. The average molecular weight is 412 g/mol. The first-order chi connectivity index (χ1) is 14.2. The van der Waals surface area contributed by atoms with E-state index in [9.17, 15) is 0 Å². The average Bonchev–Trinajstić information content (AvgIpc) is 3.21. The van der Waals surface area contributed by atoms with Crippen LogP contribution in [0.25, 0.3) is 11.4 Å². The summed E-state index contributed by atoms with van der Waals surface area (Å²) in [6.45, 7) is 0. The van der Waals surface area contributed by atoms with Crippen LogP contribution in [0.4, 0.5) is 0 Å². The molecule has 2 heterocycles. The lowest BCUT2D eigenvalue weighted by molar-refractivity contribution is 0.355. The number of hydrogen-bond acceptors (Lipinski definition) is 8. The predicted molar refractivity (Wildman–Crippen MR) is 111 cm³/mol. The lowest BCUT2D eigenvalue weighted by atomic mass is 10.1. The number of ether oxygens (including phenoxy) is 4. The quantitative estimate of drug-likeness (QED) is 0.614. The van der Waals surface area contributed by atoms with Gasteiger partial charge in [0.1, 0.15) is 11.5 Å². The summed E-state index contributed by atoms with van der Waals surface area (Å²) < 4.78 is 23.3. The maximum absolute atomic E-state index is 5.52. The van der Waals surface area contributed by atoms with Crippen LogP contribution in [0.2, 0.25) is 0 Å². The van der Waals surface area contributed by atoms with E-state index in [1.807, 2.05) is 36.4 Å². The van der Waals surface area contributed by atoms with Crippen LogP contribution in [0.1, 0.15) is 5.56 Å². The van der Waals surface area contributed by atoms with E-state index >= 15 is 0 Å². The summed E-state index contributed by atoms with van der Waals surface area (Å²) in [5, 5.41) is 14.1. The molecule has 0 N–H and O–H groups in total. The largest absolute Gasteiger partial charge is 0.497 e. The van der Waals surface area contributed by atoms with Gasteiger partial charge in [-0.2, -0.15) is 9.78 Å². The molecule has 8 nitrogen and oxygen atoms in total. The third kappa shape index (κ3) is 3.49. The van der Waals surface area contributed by atoms with Crippen LogP contribution in [0.3, 0.4) is 0 Å². The number of thioether (sulfide) groups is 1. The van der Waals surface area contributed by atoms with E-state index < -0.39 is 0 Å². The molecule has 0 radical (unpaired) electrons. The Morgan fingerprint density at radius 1 is 0.828 bits per heavy atom. The van der Waals surface area contributed by atoms with Gasteiger partial charge in [0.2, 0.25) is 5.16 Å². The Labute approximate surface area is 172 Å². The van der Waals surface area contributed by atoms with Crippen molar-refractivity contribution in [1.82, 2.24) is 14.9 Å². The number of hydrogen-bond donors (Lipinski definition) is 0. The van der Waals surface area contributed by atoms with Gasteiger partial charge in [-0.25, -0.2) is 0 Å². The first kappa shape index (κ1) is 19.1. The number of methoxy groups -OCH3 is 4. The number of aromatic nitrogens is 3. The maximum atomic E-state index is 5.52. The van der Waals surface area contributed by atoms with Crippen molar-refractivity contribution in [2.24, 2.45) is 5.10 Å². The second-order valence-electron chi connectivity index (χ2n) is 6.09. The van der Waals surface area contributed by atoms with Crippen molar-refractivity contribution in [3.8, 4) is 34.4 Å². The molecule has 1 aliphatic rings. The fourth-order valence-corrected chi connectivity index (χ4v) is 3.87. The Kier molecular flexibility index (Phi) is 5.30. The number of nitrogens with zero attached hydrogens (tertiary/aromatic N) is 4. The van der Waals surface area contributed by atoms with Gasteiger partial charge in [0.25, 0.3) is 0 Å². The normalized spacial score (nSPS) is 12.8. The van der Waals surface area contributed by atoms with E-state index in [-0.39, 0.29) is 0 Å². The zero-order valence-electron chi connectivity index (χ0n) is 16.5. The standard InChI is InChI=1S/C20H20N4O4S/c1-25-13-6-7-14(17(10-13)27-3)19-21-22-20-24(19)23-15(11-29-20)12-5-8-16(26-2)18(9-12)28-4/h5-10H,11H2,1-4H3. The van der Waals surface area contributed by atoms with Crippen LogP contribution in [0, 0.1) is 0 Å². The second-order valence-corrected chi connectivity index (χ2v) is 7.03. The molecule has 4 rings (SSSR count). The van der Waals surface area contributed by atoms with Crippen molar-refractivity contribution in [3.05, 3.63) is 42.0 Å². The second kappa shape index (κ2) is 8.04. The number of rotatable bonds is 6. The monoisotopic (exact) mass is 412 g/mol. The van der Waals surface area contributed by atoms with Crippen LogP contribution in [-0.4, -0.2) is 54.8 Å². The molecule has 150 valence electrons. The van der Waals surface area contributed by atoms with Crippen LogP contribution >= 0.6 is 11.8 Å². The summed E-state index contributed by atoms with van der Waals surface area (Å²) in [5.74, 6) is 3.95. The molecular weight excluding hydrogens is 392 g/mol. The molecule has 0 spiro atoms. The van der Waals surface area contributed by atoms with Crippen molar-refractivity contribution in [1.29, 1.82) is 0 Å². The zero-order valence-corrected chi connectivity index (χ0v) is 17.3. The van der Waals surface area contributed by atoms with Crippen molar-refractivity contribution in [2.45, 2.75) is 5.16 Å². The summed E-state index contributed by atoms with van der Waals surface area (Å²) in [4.78, 5) is 0. The molecular formula is C20H20N4O4S. The molecule has 2 aromatic carbocycles. The Bertz CT molecular complexity index is 1080. The minimum atomic E-state index is 0.602. The van der Waals surface area contributed by atoms with Gasteiger partial charge in [0, 0.05) is 17.4 Å². The zero-order chi connectivity index (χ0) is 20.4. The lowest BCUT2D eigenvalue weighted by Crippen LogP contribution is -2.14. The summed E-state index contributed by atoms with van der Waals surface area (Å²) in [7, 11) is 6.46. The van der Waals surface area contributed by atoms with Gasteiger partial charge in [-0.1, -0.05) is 11.8 Å². The third-order valence-electron chi connectivity index (χ3n) is 4.54. The molecule has 0 unspecified atom stereocenters. The van der Waals surface area contributed by atoms with Crippen LogP contribution in [0.15, 0.2) is 46.7 Å². The Morgan fingerprint density at radius 2 is 1.62 bits per heavy atom.